The van der Waals surface area contributed by atoms with Gasteiger partial charge in [0.15, 0.2) is 0 Å². The van der Waals surface area contributed by atoms with Crippen molar-refractivity contribution < 1.29 is 5.11 Å². The molecule has 1 aliphatic carbocycles. The van der Waals surface area contributed by atoms with Crippen LogP contribution in [-0.4, -0.2) is 35.9 Å². The van der Waals surface area contributed by atoms with Gasteiger partial charge < -0.3 is 10.8 Å². The van der Waals surface area contributed by atoms with E-state index in [9.17, 15) is 5.11 Å². The fourth-order valence-corrected chi connectivity index (χ4v) is 4.00. The van der Waals surface area contributed by atoms with Crippen molar-refractivity contribution in [3.63, 3.8) is 0 Å². The van der Waals surface area contributed by atoms with Gasteiger partial charge in [0.05, 0.1) is 34.9 Å². The summed E-state index contributed by atoms with van der Waals surface area (Å²) in [6, 6.07) is 11.9. The van der Waals surface area contributed by atoms with Gasteiger partial charge in [0.25, 0.3) is 5.95 Å². The number of benzene rings is 1. The summed E-state index contributed by atoms with van der Waals surface area (Å²) in [6.07, 6.45) is 6.72. The van der Waals surface area contributed by atoms with E-state index in [2.05, 4.69) is 28.1 Å². The zero-order valence-electron chi connectivity index (χ0n) is 16.9. The molecule has 0 bridgehead atoms. The number of aromatic nitrogens is 5. The Hall–Kier alpha value is -3.32. The number of nitrogens with two attached hydrogens (primary N) is 1. The molecule has 7 heteroatoms. The first-order chi connectivity index (χ1) is 14.6. The van der Waals surface area contributed by atoms with Gasteiger partial charge >= 0.3 is 0 Å². The summed E-state index contributed by atoms with van der Waals surface area (Å²) in [4.78, 5) is 13.8. The lowest BCUT2D eigenvalue weighted by atomic mass is 9.79. The van der Waals surface area contributed by atoms with Gasteiger partial charge in [-0.05, 0) is 55.9 Å². The largest absolute Gasteiger partial charge is 0.397 e. The van der Waals surface area contributed by atoms with Crippen molar-refractivity contribution in [3.05, 3.63) is 60.2 Å². The van der Waals surface area contributed by atoms with E-state index in [0.717, 1.165) is 59.2 Å². The first-order valence-electron chi connectivity index (χ1n) is 10.3. The second kappa shape index (κ2) is 7.50. The first-order valence-corrected chi connectivity index (χ1v) is 10.3. The molecule has 7 nitrogen and oxygen atoms in total. The average Bonchev–Trinajstić information content (AvgIpc) is 3.17. The van der Waals surface area contributed by atoms with Gasteiger partial charge in [0, 0.05) is 22.8 Å². The summed E-state index contributed by atoms with van der Waals surface area (Å²) in [5.74, 6) is 1.02. The Morgan fingerprint density at radius 3 is 2.80 bits per heavy atom. The summed E-state index contributed by atoms with van der Waals surface area (Å²) in [6.45, 7) is 2.07. The predicted molar refractivity (Wildman–Crippen MR) is 116 cm³/mol. The van der Waals surface area contributed by atoms with Crippen LogP contribution >= 0.6 is 0 Å². The Morgan fingerprint density at radius 2 is 2.00 bits per heavy atom. The molecule has 0 radical (unpaired) electrons. The highest BCUT2D eigenvalue weighted by molar-refractivity contribution is 5.84. The SMILES string of the molecule is CCc1ccnc(-n2ncc3ccc(-c4ccc(N)c(CC5CC(O)C5)n4)cc32)n1. The van der Waals surface area contributed by atoms with Crippen molar-refractivity contribution >= 4 is 16.6 Å². The van der Waals surface area contributed by atoms with Gasteiger partial charge in [0.1, 0.15) is 0 Å². The van der Waals surface area contributed by atoms with E-state index in [1.54, 1.807) is 10.9 Å². The Morgan fingerprint density at radius 1 is 1.13 bits per heavy atom. The molecule has 0 saturated heterocycles. The topological polar surface area (TPSA) is 103 Å². The molecule has 4 aromatic rings. The molecule has 30 heavy (non-hydrogen) atoms. The van der Waals surface area contributed by atoms with Crippen LogP contribution < -0.4 is 5.73 Å². The lowest BCUT2D eigenvalue weighted by Gasteiger charge is -2.31. The molecule has 0 unspecified atom stereocenters. The summed E-state index contributed by atoms with van der Waals surface area (Å²) < 4.78 is 1.77. The van der Waals surface area contributed by atoms with Crippen molar-refractivity contribution in [2.45, 2.75) is 38.7 Å². The maximum absolute atomic E-state index is 9.56. The van der Waals surface area contributed by atoms with E-state index in [0.29, 0.717) is 17.6 Å². The monoisotopic (exact) mass is 400 g/mol. The van der Waals surface area contributed by atoms with Gasteiger partial charge in [-0.25, -0.2) is 9.97 Å². The quantitative estimate of drug-likeness (QED) is 0.533. The predicted octanol–water partition coefficient (Wildman–Crippen LogP) is 3.34. The number of aliphatic hydroxyl groups is 1. The van der Waals surface area contributed by atoms with E-state index < -0.39 is 0 Å². The van der Waals surface area contributed by atoms with Crippen LogP contribution in [0.15, 0.2) is 48.8 Å². The third kappa shape index (κ3) is 3.41. The Labute approximate surface area is 174 Å². The molecule has 3 heterocycles. The standard InChI is InChI=1S/C23H24N6O/c1-2-17-7-8-25-23(27-17)29-22-12-15(3-4-16(22)13-26-29)20-6-5-19(24)21(28-20)11-14-9-18(30)10-14/h3-8,12-14,18,30H,2,9-11,24H2,1H3. The number of aryl methyl sites for hydroxylation is 1. The van der Waals surface area contributed by atoms with Crippen LogP contribution in [0.25, 0.3) is 28.1 Å². The lowest BCUT2D eigenvalue weighted by Crippen LogP contribution is -2.30. The van der Waals surface area contributed by atoms with Crippen molar-refractivity contribution in [2.24, 2.45) is 5.92 Å². The minimum Gasteiger partial charge on any atom is -0.397 e. The molecule has 0 atom stereocenters. The van der Waals surface area contributed by atoms with Crippen molar-refractivity contribution in [3.8, 4) is 17.2 Å². The molecule has 1 saturated carbocycles. The number of pyridine rings is 1. The third-order valence-electron chi connectivity index (χ3n) is 5.82. The molecule has 1 fully saturated rings. The molecule has 0 amide bonds. The zero-order chi connectivity index (χ0) is 20.7. The van der Waals surface area contributed by atoms with Gasteiger partial charge in [-0.3, -0.25) is 4.98 Å². The normalized spacial score (nSPS) is 18.5. The number of nitrogen functional groups attached to an aromatic ring is 1. The molecule has 5 rings (SSSR count). The highest BCUT2D eigenvalue weighted by Gasteiger charge is 2.28. The molecule has 3 aromatic heterocycles. The van der Waals surface area contributed by atoms with Gasteiger partial charge in [-0.2, -0.15) is 9.78 Å². The van der Waals surface area contributed by atoms with Crippen molar-refractivity contribution in [2.75, 3.05) is 5.73 Å². The van der Waals surface area contributed by atoms with E-state index in [-0.39, 0.29) is 6.10 Å². The maximum atomic E-state index is 9.56. The highest BCUT2D eigenvalue weighted by atomic mass is 16.3. The highest BCUT2D eigenvalue weighted by Crippen LogP contribution is 2.32. The van der Waals surface area contributed by atoms with E-state index in [1.165, 1.54) is 0 Å². The van der Waals surface area contributed by atoms with E-state index in [1.807, 2.05) is 36.5 Å². The van der Waals surface area contributed by atoms with Crippen LogP contribution in [0.5, 0.6) is 0 Å². The molecule has 152 valence electrons. The average molecular weight is 400 g/mol. The number of rotatable bonds is 5. The second-order valence-electron chi connectivity index (χ2n) is 7.96. The maximum Gasteiger partial charge on any atom is 0.251 e. The van der Waals surface area contributed by atoms with Gasteiger partial charge in [0.2, 0.25) is 0 Å². The van der Waals surface area contributed by atoms with Gasteiger partial charge in [-0.1, -0.05) is 19.1 Å². The van der Waals surface area contributed by atoms with Crippen LogP contribution in [0.2, 0.25) is 0 Å². The Bertz CT molecular complexity index is 1210. The van der Waals surface area contributed by atoms with Crippen LogP contribution in [0.1, 0.15) is 31.2 Å². The molecule has 0 spiro atoms. The minimum absolute atomic E-state index is 0.171. The summed E-state index contributed by atoms with van der Waals surface area (Å²) in [5.41, 5.74) is 11.6. The number of anilines is 1. The summed E-state index contributed by atoms with van der Waals surface area (Å²) in [7, 11) is 0. The van der Waals surface area contributed by atoms with Crippen LogP contribution in [0.3, 0.4) is 0 Å². The number of fused-ring (bicyclic) bond motifs is 1. The summed E-state index contributed by atoms with van der Waals surface area (Å²) >= 11 is 0. The van der Waals surface area contributed by atoms with E-state index in [4.69, 9.17) is 10.7 Å². The number of hydrogen-bond acceptors (Lipinski definition) is 6. The molecule has 1 aliphatic rings. The minimum atomic E-state index is -0.171. The molecular weight excluding hydrogens is 376 g/mol. The summed E-state index contributed by atoms with van der Waals surface area (Å²) in [5, 5.41) is 15.1. The van der Waals surface area contributed by atoms with Crippen molar-refractivity contribution in [1.82, 2.24) is 24.7 Å². The lowest BCUT2D eigenvalue weighted by molar-refractivity contribution is 0.0429. The molecule has 3 N–H and O–H groups in total. The van der Waals surface area contributed by atoms with Crippen LogP contribution in [-0.2, 0) is 12.8 Å². The first kappa shape index (κ1) is 18.7. The van der Waals surface area contributed by atoms with Crippen molar-refractivity contribution in [1.29, 1.82) is 0 Å². The zero-order valence-corrected chi connectivity index (χ0v) is 16.9. The van der Waals surface area contributed by atoms with Crippen LogP contribution in [0, 0.1) is 5.92 Å². The molecule has 0 aliphatic heterocycles. The Kier molecular flexibility index (Phi) is 4.67. The third-order valence-corrected chi connectivity index (χ3v) is 5.82. The molecule has 1 aromatic carbocycles. The Balaban J connectivity index is 1.52. The smallest absolute Gasteiger partial charge is 0.251 e. The van der Waals surface area contributed by atoms with Crippen LogP contribution in [0.4, 0.5) is 5.69 Å². The molecular formula is C23H24N6O. The van der Waals surface area contributed by atoms with E-state index >= 15 is 0 Å². The number of nitrogens with zero attached hydrogens (tertiary/aromatic N) is 5. The van der Waals surface area contributed by atoms with Gasteiger partial charge in [-0.15, -0.1) is 0 Å². The second-order valence-corrected chi connectivity index (χ2v) is 7.96. The fourth-order valence-electron chi connectivity index (χ4n) is 4.00. The fraction of sp³-hybridized carbons (Fsp3) is 0.304. The number of hydrogen-bond donors (Lipinski definition) is 2. The number of aliphatic hydroxyl groups excluding tert-OH is 1.